The van der Waals surface area contributed by atoms with E-state index < -0.39 is 0 Å². The average molecular weight is 396 g/mol. The summed E-state index contributed by atoms with van der Waals surface area (Å²) in [6.45, 7) is 4.92. The zero-order valence-corrected chi connectivity index (χ0v) is 16.8. The van der Waals surface area contributed by atoms with Gasteiger partial charge in [-0.05, 0) is 50.0 Å². The Morgan fingerprint density at radius 2 is 1.89 bits per heavy atom. The largest absolute Gasteiger partial charge is 0.278 e. The summed E-state index contributed by atoms with van der Waals surface area (Å²) in [5.41, 5.74) is 0.767. The number of allylic oxidation sites excluding steroid dienone is 1. The molecule has 0 radical (unpaired) electrons. The minimum absolute atomic E-state index is 0.0509. The van der Waals surface area contributed by atoms with Gasteiger partial charge in [-0.3, -0.25) is 18.7 Å². The average Bonchev–Trinajstić information content (AvgIpc) is 3.30. The Bertz CT molecular complexity index is 1160. The molecular formula is C21H25N5OS. The van der Waals surface area contributed by atoms with Crippen LogP contribution in [0.15, 0.2) is 41.7 Å². The molecule has 2 aliphatic rings. The fourth-order valence-electron chi connectivity index (χ4n) is 4.58. The molecule has 2 fully saturated rings. The minimum Gasteiger partial charge on any atom is -0.278 e. The van der Waals surface area contributed by atoms with Gasteiger partial charge < -0.3 is 0 Å². The maximum absolute atomic E-state index is 13.0. The summed E-state index contributed by atoms with van der Waals surface area (Å²) < 4.78 is 6.16. The third-order valence-electron chi connectivity index (χ3n) is 6.10. The van der Waals surface area contributed by atoms with Crippen LogP contribution in [0.25, 0.3) is 16.7 Å². The van der Waals surface area contributed by atoms with Crippen molar-refractivity contribution < 1.29 is 0 Å². The van der Waals surface area contributed by atoms with Gasteiger partial charge in [-0.2, -0.15) is 0 Å². The van der Waals surface area contributed by atoms with E-state index in [0.29, 0.717) is 41.2 Å². The Kier molecular flexibility index (Phi) is 4.44. The van der Waals surface area contributed by atoms with Crippen LogP contribution in [0.1, 0.15) is 38.5 Å². The first kappa shape index (κ1) is 17.8. The Hall–Kier alpha value is -2.25. The molecule has 0 atom stereocenters. The minimum atomic E-state index is -0.0509. The fourth-order valence-corrected chi connectivity index (χ4v) is 4.86. The first-order valence-corrected chi connectivity index (χ1v) is 10.6. The van der Waals surface area contributed by atoms with E-state index >= 15 is 0 Å². The van der Waals surface area contributed by atoms with Crippen molar-refractivity contribution >= 4 is 28.9 Å². The van der Waals surface area contributed by atoms with Crippen molar-refractivity contribution in [2.75, 3.05) is 0 Å². The van der Waals surface area contributed by atoms with Gasteiger partial charge in [-0.25, -0.2) is 4.68 Å². The summed E-state index contributed by atoms with van der Waals surface area (Å²) in [4.78, 5) is 15.6. The molecular weight excluding hydrogens is 370 g/mol. The second-order valence-electron chi connectivity index (χ2n) is 7.96. The van der Waals surface area contributed by atoms with Gasteiger partial charge in [-0.1, -0.05) is 31.1 Å². The molecule has 2 heterocycles. The van der Waals surface area contributed by atoms with Crippen LogP contribution in [0.5, 0.6) is 0 Å². The summed E-state index contributed by atoms with van der Waals surface area (Å²) in [5, 5.41) is 5.47. The molecule has 0 saturated heterocycles. The van der Waals surface area contributed by atoms with Gasteiger partial charge in [0.05, 0.1) is 17.6 Å². The van der Waals surface area contributed by atoms with E-state index in [1.54, 1.807) is 10.6 Å². The van der Waals surface area contributed by atoms with Crippen LogP contribution in [0, 0.1) is 4.77 Å². The van der Waals surface area contributed by atoms with Crippen molar-refractivity contribution in [2.45, 2.75) is 63.8 Å². The van der Waals surface area contributed by atoms with Crippen LogP contribution < -0.4 is 5.56 Å². The Balaban J connectivity index is 1.68. The summed E-state index contributed by atoms with van der Waals surface area (Å²) in [6.07, 6.45) is 9.42. The topological polar surface area (TPSA) is 47.5 Å². The maximum Gasteiger partial charge on any atom is 0.263 e. The maximum atomic E-state index is 13.0. The quantitative estimate of drug-likeness (QED) is 0.471. The molecule has 1 aromatic carbocycles. The molecule has 2 saturated carbocycles. The molecule has 7 heteroatoms. The smallest absolute Gasteiger partial charge is 0.263 e. The highest BCUT2D eigenvalue weighted by Gasteiger charge is 2.35. The number of aromatic nitrogens is 4. The Morgan fingerprint density at radius 3 is 2.61 bits per heavy atom. The molecule has 0 spiro atoms. The molecule has 28 heavy (non-hydrogen) atoms. The summed E-state index contributed by atoms with van der Waals surface area (Å²) in [6, 6.07) is 8.90. The lowest BCUT2D eigenvalue weighted by Crippen LogP contribution is -2.37. The van der Waals surface area contributed by atoms with Gasteiger partial charge in [0.1, 0.15) is 0 Å². The van der Waals surface area contributed by atoms with Crippen molar-refractivity contribution in [1.82, 2.24) is 23.6 Å². The molecule has 146 valence electrons. The highest BCUT2D eigenvalue weighted by molar-refractivity contribution is 7.71. The van der Waals surface area contributed by atoms with E-state index in [1.165, 1.54) is 38.5 Å². The van der Waals surface area contributed by atoms with Crippen LogP contribution in [-0.2, 0) is 13.2 Å². The van der Waals surface area contributed by atoms with Gasteiger partial charge in [0, 0.05) is 18.6 Å². The van der Waals surface area contributed by atoms with Crippen LogP contribution in [0.2, 0.25) is 0 Å². The van der Waals surface area contributed by atoms with E-state index in [1.807, 2.05) is 33.3 Å². The van der Waals surface area contributed by atoms with Crippen LogP contribution in [-0.4, -0.2) is 35.7 Å². The van der Waals surface area contributed by atoms with Crippen molar-refractivity contribution in [2.24, 2.45) is 0 Å². The molecule has 0 N–H and O–H groups in total. The summed E-state index contributed by atoms with van der Waals surface area (Å²) in [5.74, 6) is 0.593. The highest BCUT2D eigenvalue weighted by Crippen LogP contribution is 2.34. The second kappa shape index (κ2) is 6.97. The third-order valence-corrected chi connectivity index (χ3v) is 6.50. The van der Waals surface area contributed by atoms with Gasteiger partial charge >= 0.3 is 0 Å². The predicted octanol–water partition coefficient (Wildman–Crippen LogP) is 3.73. The summed E-state index contributed by atoms with van der Waals surface area (Å²) in [7, 11) is 0. The lowest BCUT2D eigenvalue weighted by atomic mass is 10.2. The predicted molar refractivity (Wildman–Crippen MR) is 113 cm³/mol. The number of benzene rings is 1. The van der Waals surface area contributed by atoms with Crippen molar-refractivity contribution in [1.29, 1.82) is 0 Å². The molecule has 0 unspecified atom stereocenters. The molecule has 6 nitrogen and oxygen atoms in total. The van der Waals surface area contributed by atoms with Crippen LogP contribution >= 0.6 is 12.2 Å². The first-order valence-electron chi connectivity index (χ1n) is 10.2. The first-order chi connectivity index (χ1) is 13.7. The lowest BCUT2D eigenvalue weighted by Gasteiger charge is -2.28. The number of hydrogen-bond donors (Lipinski definition) is 0. The van der Waals surface area contributed by atoms with E-state index in [0.717, 1.165) is 5.52 Å². The highest BCUT2D eigenvalue weighted by atomic mass is 32.1. The van der Waals surface area contributed by atoms with Crippen molar-refractivity contribution in [3.63, 3.8) is 0 Å². The van der Waals surface area contributed by atoms with Gasteiger partial charge in [0.15, 0.2) is 0 Å². The second-order valence-corrected chi connectivity index (χ2v) is 8.33. The number of nitrogens with zero attached hydrogens (tertiary/aromatic N) is 5. The van der Waals surface area contributed by atoms with E-state index in [2.05, 4.69) is 11.5 Å². The molecule has 3 aromatic rings. The van der Waals surface area contributed by atoms with Gasteiger partial charge in [0.2, 0.25) is 10.5 Å². The number of hydrogen-bond acceptors (Lipinski definition) is 4. The zero-order valence-electron chi connectivity index (χ0n) is 16.0. The normalized spacial score (nSPS) is 17.9. The van der Waals surface area contributed by atoms with E-state index in [9.17, 15) is 4.79 Å². The molecule has 2 aromatic heterocycles. The molecule has 0 amide bonds. The molecule has 0 aliphatic heterocycles. The Labute approximate surface area is 168 Å². The van der Waals surface area contributed by atoms with E-state index in [4.69, 9.17) is 17.3 Å². The van der Waals surface area contributed by atoms with Crippen LogP contribution in [0.3, 0.4) is 0 Å². The monoisotopic (exact) mass is 395 g/mol. The SMILES string of the molecule is C=CCn1c(=O)c2ccccc2n2c(=S)n(CN(C3CCCC3)C3CC3)nc12. The van der Waals surface area contributed by atoms with Crippen molar-refractivity contribution in [3.8, 4) is 0 Å². The van der Waals surface area contributed by atoms with Gasteiger partial charge in [0.25, 0.3) is 5.56 Å². The summed E-state index contributed by atoms with van der Waals surface area (Å²) >= 11 is 5.84. The fraction of sp³-hybridized carbons (Fsp3) is 0.476. The number of rotatable bonds is 6. The standard InChI is InChI=1S/C21H25N5OS/c1-2-13-23-19(27)17-9-5-6-10-18(17)26-20(23)22-25(21(26)28)14-24(16-11-12-16)15-7-3-4-8-15/h2,5-6,9-10,15-16H,1,3-4,7-8,11-14H2. The zero-order chi connectivity index (χ0) is 19.3. The van der Waals surface area contributed by atoms with Crippen LogP contribution in [0.4, 0.5) is 0 Å². The molecule has 5 rings (SSSR count). The van der Waals surface area contributed by atoms with Gasteiger partial charge in [-0.15, -0.1) is 11.7 Å². The van der Waals surface area contributed by atoms with E-state index in [-0.39, 0.29) is 5.56 Å². The number of para-hydroxylation sites is 1. The lowest BCUT2D eigenvalue weighted by molar-refractivity contribution is 0.134. The molecule has 0 bridgehead atoms. The Morgan fingerprint density at radius 1 is 1.18 bits per heavy atom. The molecule has 2 aliphatic carbocycles. The number of fused-ring (bicyclic) bond motifs is 3. The van der Waals surface area contributed by atoms with Crippen molar-refractivity contribution in [3.05, 3.63) is 52.0 Å². The third kappa shape index (κ3) is 2.84.